The molecule has 17 atom stereocenters. The molecule has 17 unspecified atom stereocenters. The molecule has 19 heteroatoms. The van der Waals surface area contributed by atoms with Crippen LogP contribution in [0.1, 0.15) is 226 Å². The largest absolute Gasteiger partial charge is 0.394 e. The Balaban J connectivity index is 1.22. The number of hydrogen-bond donors (Lipinski definition) is 12. The summed E-state index contributed by atoms with van der Waals surface area (Å²) in [5.74, 6) is -0.283. The SMILES string of the molecule is CC/C=C\C/C=C\C/C=C\C/C=C\CCCCCCCCCCCCCCCCCCCCCCCCCCC(=O)NC(COC1OC(CO)C(OC2OC(CO)C(OC3OC(CO)C(O)C(O)C3O)C(O)C2O)C(O)C1O)C(O)/C=C/CCCC. The summed E-state index contributed by atoms with van der Waals surface area (Å²) in [5, 5.41) is 119. The monoisotopic (exact) mass is 1230 g/mol. The predicted molar refractivity (Wildman–Crippen MR) is 332 cm³/mol. The van der Waals surface area contributed by atoms with Gasteiger partial charge >= 0.3 is 0 Å². The summed E-state index contributed by atoms with van der Waals surface area (Å²) >= 11 is 0. The van der Waals surface area contributed by atoms with Gasteiger partial charge in [-0.15, -0.1) is 0 Å². The fourth-order valence-electron chi connectivity index (χ4n) is 11.1. The first-order valence-electron chi connectivity index (χ1n) is 33.5. The van der Waals surface area contributed by atoms with Crippen molar-refractivity contribution in [3.05, 3.63) is 60.8 Å². The van der Waals surface area contributed by atoms with Gasteiger partial charge in [0.25, 0.3) is 0 Å². The zero-order chi connectivity index (χ0) is 62.6. The standard InChI is InChI=1S/C67H119NO18/c1-3-5-7-9-10-11-12-13-14-15-16-17-18-19-20-21-22-23-24-25-26-27-28-29-30-31-32-33-34-35-36-37-38-39-40-41-43-45-55(73)68-50(51(72)44-42-8-6-4-2)49-81-65-61(79)58(76)63(53(47-70)83-65)86-67-62(80)59(77)64(54(48-71)84-67)85-66-60(78)57(75)56(74)52(46-69)82-66/h5,7,10-11,13-14,16-17,42,44,50-54,56-67,69-72,74-80H,3-4,6,8-9,12,15,18-41,43,45-49H2,1-2H3,(H,68,73)/b7-5-,11-10-,14-13-,17-16-,44-42+. The number of aliphatic hydroxyl groups excluding tert-OH is 11. The zero-order valence-corrected chi connectivity index (χ0v) is 52.5. The summed E-state index contributed by atoms with van der Waals surface area (Å²) in [6.07, 6.45) is 33.5. The molecule has 3 fully saturated rings. The van der Waals surface area contributed by atoms with Crippen LogP contribution >= 0.6 is 0 Å². The van der Waals surface area contributed by atoms with Gasteiger partial charge in [-0.1, -0.05) is 229 Å². The van der Waals surface area contributed by atoms with Crippen LogP contribution in [-0.4, -0.2) is 193 Å². The summed E-state index contributed by atoms with van der Waals surface area (Å²) in [4.78, 5) is 13.2. The van der Waals surface area contributed by atoms with Crippen molar-refractivity contribution in [1.29, 1.82) is 0 Å². The molecule has 0 saturated carbocycles. The molecule has 0 aromatic carbocycles. The molecular weight excluding hydrogens is 1110 g/mol. The van der Waals surface area contributed by atoms with Gasteiger partial charge in [-0.2, -0.15) is 0 Å². The van der Waals surface area contributed by atoms with Gasteiger partial charge < -0.3 is 89.9 Å². The van der Waals surface area contributed by atoms with Crippen LogP contribution < -0.4 is 5.32 Å². The topological polar surface area (TPSA) is 307 Å². The summed E-state index contributed by atoms with van der Waals surface area (Å²) < 4.78 is 34.0. The molecule has 0 aromatic rings. The van der Waals surface area contributed by atoms with Gasteiger partial charge in [-0.05, 0) is 51.4 Å². The molecule has 3 rings (SSSR count). The fourth-order valence-corrected chi connectivity index (χ4v) is 11.1. The number of hydrogen-bond acceptors (Lipinski definition) is 18. The number of ether oxygens (including phenoxy) is 6. The minimum atomic E-state index is -1.98. The van der Waals surface area contributed by atoms with E-state index in [0.717, 1.165) is 57.8 Å². The highest BCUT2D eigenvalue weighted by Crippen LogP contribution is 2.33. The maximum absolute atomic E-state index is 13.2. The molecule has 500 valence electrons. The van der Waals surface area contributed by atoms with Crippen molar-refractivity contribution in [2.75, 3.05) is 26.4 Å². The van der Waals surface area contributed by atoms with Crippen molar-refractivity contribution in [2.45, 2.75) is 330 Å². The third-order valence-electron chi connectivity index (χ3n) is 16.6. The van der Waals surface area contributed by atoms with Crippen LogP contribution in [0, 0.1) is 0 Å². The van der Waals surface area contributed by atoms with E-state index < -0.39 is 124 Å². The minimum Gasteiger partial charge on any atom is -0.394 e. The van der Waals surface area contributed by atoms with Crippen LogP contribution in [0.15, 0.2) is 60.8 Å². The van der Waals surface area contributed by atoms with E-state index in [0.29, 0.717) is 12.8 Å². The molecule has 3 saturated heterocycles. The van der Waals surface area contributed by atoms with Crippen molar-refractivity contribution in [1.82, 2.24) is 5.32 Å². The molecule has 0 spiro atoms. The number of carbonyl (C=O) groups excluding carboxylic acids is 1. The van der Waals surface area contributed by atoms with Gasteiger partial charge in [0, 0.05) is 6.42 Å². The molecule has 19 nitrogen and oxygen atoms in total. The molecule has 3 heterocycles. The van der Waals surface area contributed by atoms with Crippen molar-refractivity contribution in [3.8, 4) is 0 Å². The Labute approximate surface area is 515 Å². The van der Waals surface area contributed by atoms with E-state index in [9.17, 15) is 61.0 Å². The predicted octanol–water partition coefficient (Wildman–Crippen LogP) is 7.99. The van der Waals surface area contributed by atoms with Crippen LogP contribution in [-0.2, 0) is 33.2 Å². The van der Waals surface area contributed by atoms with E-state index >= 15 is 0 Å². The molecule has 12 N–H and O–H groups in total. The lowest BCUT2D eigenvalue weighted by Crippen LogP contribution is -2.66. The molecule has 3 aliphatic rings. The third-order valence-corrected chi connectivity index (χ3v) is 16.6. The lowest BCUT2D eigenvalue weighted by Gasteiger charge is -2.48. The van der Waals surface area contributed by atoms with Crippen LogP contribution in [0.4, 0.5) is 0 Å². The van der Waals surface area contributed by atoms with Crippen molar-refractivity contribution >= 4 is 5.91 Å². The Morgan fingerprint density at radius 2 is 0.802 bits per heavy atom. The van der Waals surface area contributed by atoms with Crippen LogP contribution in [0.5, 0.6) is 0 Å². The highest BCUT2D eigenvalue weighted by molar-refractivity contribution is 5.76. The lowest BCUT2D eigenvalue weighted by molar-refractivity contribution is -0.379. The van der Waals surface area contributed by atoms with Crippen molar-refractivity contribution in [2.24, 2.45) is 0 Å². The molecule has 86 heavy (non-hydrogen) atoms. The Morgan fingerprint density at radius 1 is 0.430 bits per heavy atom. The molecule has 1 amide bonds. The van der Waals surface area contributed by atoms with Gasteiger partial charge in [-0.3, -0.25) is 4.79 Å². The van der Waals surface area contributed by atoms with E-state index in [-0.39, 0.29) is 18.9 Å². The van der Waals surface area contributed by atoms with E-state index in [4.69, 9.17) is 28.4 Å². The smallest absolute Gasteiger partial charge is 0.220 e. The number of carbonyl (C=O) groups is 1. The molecule has 0 radical (unpaired) electrons. The van der Waals surface area contributed by atoms with Gasteiger partial charge in [0.15, 0.2) is 18.9 Å². The molecule has 3 aliphatic heterocycles. The van der Waals surface area contributed by atoms with E-state index in [2.05, 4.69) is 60.8 Å². The molecule has 0 aliphatic carbocycles. The van der Waals surface area contributed by atoms with Crippen molar-refractivity contribution in [3.63, 3.8) is 0 Å². The van der Waals surface area contributed by atoms with Gasteiger partial charge in [0.05, 0.1) is 38.6 Å². The third kappa shape index (κ3) is 31.5. The van der Waals surface area contributed by atoms with Gasteiger partial charge in [-0.25, -0.2) is 0 Å². The highest BCUT2D eigenvalue weighted by atomic mass is 16.8. The van der Waals surface area contributed by atoms with Gasteiger partial charge in [0.2, 0.25) is 5.91 Å². The van der Waals surface area contributed by atoms with Gasteiger partial charge in [0.1, 0.15) is 73.2 Å². The number of rotatable bonds is 50. The summed E-state index contributed by atoms with van der Waals surface area (Å²) in [6, 6.07) is -0.968. The summed E-state index contributed by atoms with van der Waals surface area (Å²) in [5.41, 5.74) is 0. The second-order valence-electron chi connectivity index (χ2n) is 23.9. The quantitative estimate of drug-likeness (QED) is 0.0203. The Morgan fingerprint density at radius 3 is 1.24 bits per heavy atom. The zero-order valence-electron chi connectivity index (χ0n) is 52.5. The molecule has 0 aromatic heterocycles. The van der Waals surface area contributed by atoms with Crippen LogP contribution in [0.25, 0.3) is 0 Å². The van der Waals surface area contributed by atoms with Crippen molar-refractivity contribution < 1.29 is 89.4 Å². The highest BCUT2D eigenvalue weighted by Gasteiger charge is 2.53. The lowest BCUT2D eigenvalue weighted by atomic mass is 9.96. The van der Waals surface area contributed by atoms with E-state index in [1.165, 1.54) is 135 Å². The Hall–Kier alpha value is -2.51. The van der Waals surface area contributed by atoms with E-state index in [1.807, 2.05) is 13.0 Å². The first kappa shape index (κ1) is 77.7. The first-order chi connectivity index (χ1) is 41.8. The second kappa shape index (κ2) is 49.2. The molecule has 0 bridgehead atoms. The first-order valence-corrected chi connectivity index (χ1v) is 33.5. The number of amides is 1. The van der Waals surface area contributed by atoms with Crippen LogP contribution in [0.2, 0.25) is 0 Å². The Kier molecular flexibility index (Phi) is 44.5. The fraction of sp³-hybridized carbons (Fsp3) is 0.836. The number of nitrogens with one attached hydrogen (secondary N) is 1. The number of allylic oxidation sites excluding steroid dienone is 9. The number of unbranched alkanes of at least 4 members (excludes halogenated alkanes) is 26. The summed E-state index contributed by atoms with van der Waals surface area (Å²) in [6.45, 7) is 1.44. The maximum atomic E-state index is 13.2. The maximum Gasteiger partial charge on any atom is 0.220 e. The summed E-state index contributed by atoms with van der Waals surface area (Å²) in [7, 11) is 0. The normalized spacial score (nSPS) is 29.2. The number of aliphatic hydroxyl groups is 11. The van der Waals surface area contributed by atoms with E-state index in [1.54, 1.807) is 6.08 Å². The Bertz CT molecular complexity index is 1800. The second-order valence-corrected chi connectivity index (χ2v) is 23.9. The average molecular weight is 1230 g/mol. The molecular formula is C67H119NO18. The average Bonchev–Trinajstić information content (AvgIpc) is 1.41. The minimum absolute atomic E-state index is 0.243. The van der Waals surface area contributed by atoms with Crippen LogP contribution in [0.3, 0.4) is 0 Å².